The first-order valence-electron chi connectivity index (χ1n) is 8.87. The van der Waals surface area contributed by atoms with Crippen LogP contribution in [0.1, 0.15) is 37.2 Å². The van der Waals surface area contributed by atoms with Crippen LogP contribution in [0.2, 0.25) is 0 Å². The van der Waals surface area contributed by atoms with Gasteiger partial charge in [-0.15, -0.1) is 0 Å². The van der Waals surface area contributed by atoms with Crippen molar-refractivity contribution < 1.29 is 0 Å². The number of nitrogens with zero attached hydrogens (tertiary/aromatic N) is 5. The number of aryl methyl sites for hydroxylation is 1. The number of piperidine rings is 1. The van der Waals surface area contributed by atoms with Gasteiger partial charge >= 0.3 is 0 Å². The molecule has 1 aliphatic rings. The van der Waals surface area contributed by atoms with Gasteiger partial charge < -0.3 is 9.47 Å². The lowest BCUT2D eigenvalue weighted by molar-refractivity contribution is 0.394. The minimum atomic E-state index is 0.483. The Bertz CT molecular complexity index is 911. The Labute approximate surface area is 147 Å². The number of aromatic nitrogens is 3. The van der Waals surface area contributed by atoms with Crippen molar-refractivity contribution in [3.63, 3.8) is 0 Å². The van der Waals surface area contributed by atoms with Crippen molar-refractivity contribution in [3.05, 3.63) is 54.0 Å². The first-order valence-corrected chi connectivity index (χ1v) is 8.87. The van der Waals surface area contributed by atoms with Crippen LogP contribution in [-0.2, 0) is 6.42 Å². The standard InChI is InChI=1S/C20H21N5/c1-2-19-23-17-5-3-4-6-18(17)25(19)16-9-11-24(12-10-16)20-8-7-15(13-21)14-22-20/h3-8,14,16H,2,9-12H2,1H3. The molecular weight excluding hydrogens is 310 g/mol. The maximum Gasteiger partial charge on any atom is 0.128 e. The molecule has 3 aromatic rings. The number of pyridine rings is 1. The van der Waals surface area contributed by atoms with Gasteiger partial charge in [0, 0.05) is 31.7 Å². The highest BCUT2D eigenvalue weighted by Crippen LogP contribution is 2.30. The quantitative estimate of drug-likeness (QED) is 0.734. The third kappa shape index (κ3) is 2.85. The summed E-state index contributed by atoms with van der Waals surface area (Å²) in [7, 11) is 0. The summed E-state index contributed by atoms with van der Waals surface area (Å²) in [6, 6.07) is 14.8. The van der Waals surface area contributed by atoms with E-state index in [0.717, 1.165) is 43.7 Å². The van der Waals surface area contributed by atoms with Crippen LogP contribution in [0, 0.1) is 11.3 Å². The van der Waals surface area contributed by atoms with E-state index in [2.05, 4.69) is 51.7 Å². The number of anilines is 1. The lowest BCUT2D eigenvalue weighted by Crippen LogP contribution is -2.35. The Hall–Kier alpha value is -2.87. The normalized spacial score (nSPS) is 15.4. The van der Waals surface area contributed by atoms with Gasteiger partial charge in [0.05, 0.1) is 16.6 Å². The second kappa shape index (κ2) is 6.56. The van der Waals surface area contributed by atoms with Gasteiger partial charge in [0.15, 0.2) is 0 Å². The third-order valence-electron chi connectivity index (χ3n) is 5.02. The fourth-order valence-electron chi connectivity index (χ4n) is 3.74. The molecule has 1 aromatic carbocycles. The number of benzene rings is 1. The largest absolute Gasteiger partial charge is 0.356 e. The molecule has 0 aliphatic carbocycles. The first-order chi connectivity index (χ1) is 12.3. The number of fused-ring (bicyclic) bond motifs is 1. The maximum absolute atomic E-state index is 8.90. The zero-order valence-electron chi connectivity index (χ0n) is 14.4. The first kappa shape index (κ1) is 15.6. The van der Waals surface area contributed by atoms with Crippen LogP contribution >= 0.6 is 0 Å². The number of para-hydroxylation sites is 2. The predicted molar refractivity (Wildman–Crippen MR) is 98.5 cm³/mol. The molecule has 4 rings (SSSR count). The lowest BCUT2D eigenvalue weighted by atomic mass is 10.0. The zero-order valence-corrected chi connectivity index (χ0v) is 14.4. The maximum atomic E-state index is 8.90. The molecule has 25 heavy (non-hydrogen) atoms. The Morgan fingerprint density at radius 2 is 1.96 bits per heavy atom. The smallest absolute Gasteiger partial charge is 0.128 e. The molecule has 126 valence electrons. The van der Waals surface area contributed by atoms with Crippen LogP contribution in [0.15, 0.2) is 42.6 Å². The van der Waals surface area contributed by atoms with Gasteiger partial charge in [0.2, 0.25) is 0 Å². The van der Waals surface area contributed by atoms with Crippen molar-refractivity contribution in [3.8, 4) is 6.07 Å². The summed E-state index contributed by atoms with van der Waals surface area (Å²) in [5.74, 6) is 2.14. The third-order valence-corrected chi connectivity index (χ3v) is 5.02. The molecule has 1 saturated heterocycles. The van der Waals surface area contributed by atoms with E-state index < -0.39 is 0 Å². The molecule has 0 atom stereocenters. The monoisotopic (exact) mass is 331 g/mol. The second-order valence-corrected chi connectivity index (χ2v) is 6.48. The molecule has 5 heteroatoms. The molecule has 0 amide bonds. The molecule has 1 aliphatic heterocycles. The number of imidazole rings is 1. The fraction of sp³-hybridized carbons (Fsp3) is 0.350. The minimum Gasteiger partial charge on any atom is -0.356 e. The molecule has 0 spiro atoms. The van der Waals surface area contributed by atoms with E-state index in [1.54, 1.807) is 6.20 Å². The van der Waals surface area contributed by atoms with Crippen LogP contribution in [0.5, 0.6) is 0 Å². The summed E-state index contributed by atoms with van der Waals surface area (Å²) in [5.41, 5.74) is 2.95. The summed E-state index contributed by atoms with van der Waals surface area (Å²) in [4.78, 5) is 11.5. The molecule has 0 unspecified atom stereocenters. The van der Waals surface area contributed by atoms with Gasteiger partial charge in [-0.3, -0.25) is 0 Å². The number of rotatable bonds is 3. The van der Waals surface area contributed by atoms with E-state index in [1.165, 1.54) is 11.3 Å². The highest BCUT2D eigenvalue weighted by Gasteiger charge is 2.24. The van der Waals surface area contributed by atoms with Gasteiger partial charge in [0.25, 0.3) is 0 Å². The minimum absolute atomic E-state index is 0.483. The topological polar surface area (TPSA) is 57.7 Å². The van der Waals surface area contributed by atoms with Gasteiger partial charge in [-0.2, -0.15) is 5.26 Å². The van der Waals surface area contributed by atoms with Gasteiger partial charge in [-0.25, -0.2) is 9.97 Å². The SMILES string of the molecule is CCc1nc2ccccc2n1C1CCN(c2ccc(C#N)cn2)CC1. The summed E-state index contributed by atoms with van der Waals surface area (Å²) >= 11 is 0. The highest BCUT2D eigenvalue weighted by molar-refractivity contribution is 5.76. The summed E-state index contributed by atoms with van der Waals surface area (Å²) in [6.07, 6.45) is 4.76. The van der Waals surface area contributed by atoms with Gasteiger partial charge in [0.1, 0.15) is 17.7 Å². The van der Waals surface area contributed by atoms with Crippen LogP contribution in [0.25, 0.3) is 11.0 Å². The number of hydrogen-bond donors (Lipinski definition) is 0. The average molecular weight is 331 g/mol. The lowest BCUT2D eigenvalue weighted by Gasteiger charge is -2.34. The molecule has 5 nitrogen and oxygen atoms in total. The van der Waals surface area contributed by atoms with E-state index in [9.17, 15) is 0 Å². The number of nitriles is 1. The fourth-order valence-corrected chi connectivity index (χ4v) is 3.74. The Morgan fingerprint density at radius 3 is 2.64 bits per heavy atom. The van der Waals surface area contributed by atoms with Gasteiger partial charge in [-0.05, 0) is 37.1 Å². The van der Waals surface area contributed by atoms with Crippen LogP contribution in [0.3, 0.4) is 0 Å². The molecule has 0 saturated carbocycles. The van der Waals surface area contributed by atoms with Crippen molar-refractivity contribution in [2.75, 3.05) is 18.0 Å². The van der Waals surface area contributed by atoms with Crippen molar-refractivity contribution in [2.45, 2.75) is 32.2 Å². The molecule has 0 N–H and O–H groups in total. The summed E-state index contributed by atoms with van der Waals surface area (Å²) < 4.78 is 2.44. The van der Waals surface area contributed by atoms with E-state index in [0.29, 0.717) is 11.6 Å². The molecule has 1 fully saturated rings. The van der Waals surface area contributed by atoms with Crippen molar-refractivity contribution in [2.24, 2.45) is 0 Å². The average Bonchev–Trinajstić information content (AvgIpc) is 3.07. The molecule has 3 heterocycles. The Morgan fingerprint density at radius 1 is 1.16 bits per heavy atom. The van der Waals surface area contributed by atoms with E-state index >= 15 is 0 Å². The van der Waals surface area contributed by atoms with Crippen molar-refractivity contribution in [1.82, 2.24) is 14.5 Å². The highest BCUT2D eigenvalue weighted by atomic mass is 15.2. The van der Waals surface area contributed by atoms with E-state index in [4.69, 9.17) is 10.2 Å². The molecule has 0 bridgehead atoms. The van der Waals surface area contributed by atoms with Crippen molar-refractivity contribution in [1.29, 1.82) is 5.26 Å². The molecule has 0 radical (unpaired) electrons. The van der Waals surface area contributed by atoms with E-state index in [-0.39, 0.29) is 0 Å². The Balaban J connectivity index is 1.55. The Kier molecular flexibility index (Phi) is 4.10. The zero-order chi connectivity index (χ0) is 17.2. The predicted octanol–water partition coefficient (Wildman–Crippen LogP) is 3.71. The number of hydrogen-bond acceptors (Lipinski definition) is 4. The van der Waals surface area contributed by atoms with Crippen LogP contribution in [-0.4, -0.2) is 27.6 Å². The van der Waals surface area contributed by atoms with Crippen molar-refractivity contribution >= 4 is 16.9 Å². The van der Waals surface area contributed by atoms with Crippen LogP contribution in [0.4, 0.5) is 5.82 Å². The van der Waals surface area contributed by atoms with Gasteiger partial charge in [-0.1, -0.05) is 19.1 Å². The summed E-state index contributed by atoms with van der Waals surface area (Å²) in [6.45, 7) is 4.12. The van der Waals surface area contributed by atoms with E-state index in [1.807, 2.05) is 12.1 Å². The van der Waals surface area contributed by atoms with Crippen LogP contribution < -0.4 is 4.90 Å². The second-order valence-electron chi connectivity index (χ2n) is 6.48. The molecular formula is C20H21N5. The molecule has 2 aromatic heterocycles. The summed E-state index contributed by atoms with van der Waals surface area (Å²) in [5, 5.41) is 8.90.